The molecular formula is C19H18ClN3O3. The first kappa shape index (κ1) is 17.9. The van der Waals surface area contributed by atoms with Crippen molar-refractivity contribution in [2.45, 2.75) is 18.9 Å². The van der Waals surface area contributed by atoms with Crippen molar-refractivity contribution in [1.29, 1.82) is 0 Å². The molecule has 3 rings (SSSR count). The average Bonchev–Trinajstić information content (AvgIpc) is 2.89. The van der Waals surface area contributed by atoms with Gasteiger partial charge in [0, 0.05) is 10.7 Å². The molecule has 26 heavy (non-hydrogen) atoms. The second kappa shape index (κ2) is 7.17. The van der Waals surface area contributed by atoms with Crippen LogP contribution in [0.2, 0.25) is 5.02 Å². The van der Waals surface area contributed by atoms with E-state index in [1.807, 2.05) is 25.1 Å². The molecule has 4 amide bonds. The van der Waals surface area contributed by atoms with E-state index < -0.39 is 23.4 Å². The summed E-state index contributed by atoms with van der Waals surface area (Å²) < 4.78 is 0. The molecule has 7 heteroatoms. The highest BCUT2D eigenvalue weighted by atomic mass is 35.5. The maximum atomic E-state index is 12.9. The molecule has 0 radical (unpaired) electrons. The van der Waals surface area contributed by atoms with Gasteiger partial charge in [0.05, 0.1) is 0 Å². The Bertz CT molecular complexity index is 839. The van der Waals surface area contributed by atoms with E-state index >= 15 is 0 Å². The molecule has 0 bridgehead atoms. The normalized spacial score (nSPS) is 19.4. The number of carbonyl (C=O) groups excluding carboxylic acids is 3. The molecule has 1 saturated heterocycles. The van der Waals surface area contributed by atoms with Crippen molar-refractivity contribution < 1.29 is 14.4 Å². The number of hydrogen-bond acceptors (Lipinski definition) is 3. The van der Waals surface area contributed by atoms with Gasteiger partial charge in [0.25, 0.3) is 5.91 Å². The van der Waals surface area contributed by atoms with Crippen molar-refractivity contribution in [2.24, 2.45) is 0 Å². The van der Waals surface area contributed by atoms with Crippen LogP contribution >= 0.6 is 11.6 Å². The fourth-order valence-corrected chi connectivity index (χ4v) is 3.14. The molecule has 2 aromatic rings. The number of benzene rings is 2. The van der Waals surface area contributed by atoms with Crippen LogP contribution in [0, 0.1) is 0 Å². The lowest BCUT2D eigenvalue weighted by Crippen LogP contribution is -2.44. The summed E-state index contributed by atoms with van der Waals surface area (Å²) >= 11 is 5.81. The number of urea groups is 1. The minimum absolute atomic E-state index is 0.359. The standard InChI is InChI=1S/C19H18ClN3O3/c1-2-19(13-6-4-3-5-7-13)17(25)23(18(26)22-19)12-16(24)21-15-10-8-14(20)9-11-15/h3-11H,2,12H2,1H3,(H,21,24)(H,22,26)/t19-/m1/s1. The van der Waals surface area contributed by atoms with Gasteiger partial charge in [0.15, 0.2) is 0 Å². The summed E-state index contributed by atoms with van der Waals surface area (Å²) in [5.41, 5.74) is 0.0940. The highest BCUT2D eigenvalue weighted by Crippen LogP contribution is 2.32. The van der Waals surface area contributed by atoms with E-state index in [4.69, 9.17) is 11.6 Å². The van der Waals surface area contributed by atoms with Crippen molar-refractivity contribution in [3.05, 3.63) is 65.2 Å². The molecule has 134 valence electrons. The summed E-state index contributed by atoms with van der Waals surface area (Å²) in [7, 11) is 0. The summed E-state index contributed by atoms with van der Waals surface area (Å²) in [4.78, 5) is 38.5. The molecule has 2 N–H and O–H groups in total. The van der Waals surface area contributed by atoms with E-state index in [1.165, 1.54) is 0 Å². The SMILES string of the molecule is CC[C@]1(c2ccccc2)NC(=O)N(CC(=O)Nc2ccc(Cl)cc2)C1=O. The van der Waals surface area contributed by atoms with E-state index in [-0.39, 0.29) is 6.54 Å². The Morgan fingerprint density at radius 3 is 2.38 bits per heavy atom. The van der Waals surface area contributed by atoms with Crippen molar-refractivity contribution in [3.8, 4) is 0 Å². The maximum absolute atomic E-state index is 12.9. The predicted molar refractivity (Wildman–Crippen MR) is 98.7 cm³/mol. The number of amides is 4. The summed E-state index contributed by atoms with van der Waals surface area (Å²) in [5.74, 6) is -0.891. The minimum atomic E-state index is -1.14. The van der Waals surface area contributed by atoms with Crippen molar-refractivity contribution >= 4 is 35.1 Å². The molecule has 0 spiro atoms. The van der Waals surface area contributed by atoms with Gasteiger partial charge < -0.3 is 10.6 Å². The van der Waals surface area contributed by atoms with Crippen LogP contribution in [0.3, 0.4) is 0 Å². The van der Waals surface area contributed by atoms with Crippen LogP contribution in [0.1, 0.15) is 18.9 Å². The van der Waals surface area contributed by atoms with Gasteiger partial charge in [-0.1, -0.05) is 48.9 Å². The number of anilines is 1. The van der Waals surface area contributed by atoms with Crippen LogP contribution in [0.15, 0.2) is 54.6 Å². The maximum Gasteiger partial charge on any atom is 0.325 e. The number of rotatable bonds is 5. The van der Waals surface area contributed by atoms with E-state index in [2.05, 4.69) is 10.6 Å². The first-order chi connectivity index (χ1) is 12.5. The largest absolute Gasteiger partial charge is 0.325 e. The van der Waals surface area contributed by atoms with Gasteiger partial charge in [0.1, 0.15) is 12.1 Å². The highest BCUT2D eigenvalue weighted by molar-refractivity contribution is 6.30. The summed E-state index contributed by atoms with van der Waals surface area (Å²) in [6.45, 7) is 1.46. The molecule has 1 aliphatic rings. The number of halogens is 1. The van der Waals surface area contributed by atoms with Crippen LogP contribution in [-0.2, 0) is 15.1 Å². The van der Waals surface area contributed by atoms with Gasteiger partial charge in [-0.3, -0.25) is 14.5 Å². The first-order valence-electron chi connectivity index (χ1n) is 8.21. The third-order valence-electron chi connectivity index (χ3n) is 4.40. The van der Waals surface area contributed by atoms with E-state index in [0.717, 1.165) is 4.90 Å². The fraction of sp³-hybridized carbons (Fsp3) is 0.211. The van der Waals surface area contributed by atoms with Crippen molar-refractivity contribution in [3.63, 3.8) is 0 Å². The number of imide groups is 1. The van der Waals surface area contributed by atoms with Crippen molar-refractivity contribution in [1.82, 2.24) is 10.2 Å². The molecule has 6 nitrogen and oxygen atoms in total. The average molecular weight is 372 g/mol. The van der Waals surface area contributed by atoms with E-state index in [9.17, 15) is 14.4 Å². The third-order valence-corrected chi connectivity index (χ3v) is 4.65. The molecule has 1 aliphatic heterocycles. The fourth-order valence-electron chi connectivity index (χ4n) is 3.01. The van der Waals surface area contributed by atoms with Gasteiger partial charge in [-0.15, -0.1) is 0 Å². The van der Waals surface area contributed by atoms with Crippen LogP contribution in [-0.4, -0.2) is 29.3 Å². The lowest BCUT2D eigenvalue weighted by Gasteiger charge is -2.25. The van der Waals surface area contributed by atoms with Gasteiger partial charge in [-0.25, -0.2) is 4.79 Å². The molecule has 0 aliphatic carbocycles. The number of carbonyl (C=O) groups is 3. The van der Waals surface area contributed by atoms with E-state index in [0.29, 0.717) is 22.7 Å². The molecule has 1 heterocycles. The monoisotopic (exact) mass is 371 g/mol. The molecule has 0 saturated carbocycles. The molecule has 0 aromatic heterocycles. The Hall–Kier alpha value is -2.86. The smallest absolute Gasteiger partial charge is 0.325 e. The zero-order valence-electron chi connectivity index (χ0n) is 14.2. The van der Waals surface area contributed by atoms with Gasteiger partial charge in [0.2, 0.25) is 5.91 Å². The summed E-state index contributed by atoms with van der Waals surface area (Å²) in [6.07, 6.45) is 0.386. The molecular weight excluding hydrogens is 354 g/mol. The Morgan fingerprint density at radius 2 is 1.77 bits per heavy atom. The lowest BCUT2D eigenvalue weighted by atomic mass is 9.87. The van der Waals surface area contributed by atoms with Crippen molar-refractivity contribution in [2.75, 3.05) is 11.9 Å². The lowest BCUT2D eigenvalue weighted by molar-refractivity contribution is -0.134. The zero-order valence-corrected chi connectivity index (χ0v) is 14.9. The highest BCUT2D eigenvalue weighted by Gasteiger charge is 2.51. The topological polar surface area (TPSA) is 78.5 Å². The van der Waals surface area contributed by atoms with Gasteiger partial charge in [-0.2, -0.15) is 0 Å². The Kier molecular flexibility index (Phi) is 4.95. The Balaban J connectivity index is 1.76. The number of hydrogen-bond donors (Lipinski definition) is 2. The molecule has 1 atom stereocenters. The van der Waals surface area contributed by atoms with E-state index in [1.54, 1.807) is 36.4 Å². The summed E-state index contributed by atoms with van der Waals surface area (Å²) in [6, 6.07) is 15.0. The molecule has 0 unspecified atom stereocenters. The Labute approximate surface area is 156 Å². The second-order valence-electron chi connectivity index (χ2n) is 6.00. The quantitative estimate of drug-likeness (QED) is 0.792. The molecule has 1 fully saturated rings. The predicted octanol–water partition coefficient (Wildman–Crippen LogP) is 3.14. The minimum Gasteiger partial charge on any atom is -0.325 e. The zero-order chi connectivity index (χ0) is 18.7. The number of nitrogens with one attached hydrogen (secondary N) is 2. The first-order valence-corrected chi connectivity index (χ1v) is 8.59. The number of nitrogens with zero attached hydrogens (tertiary/aromatic N) is 1. The van der Waals surface area contributed by atoms with Crippen LogP contribution < -0.4 is 10.6 Å². The van der Waals surface area contributed by atoms with Gasteiger partial charge >= 0.3 is 6.03 Å². The second-order valence-corrected chi connectivity index (χ2v) is 6.44. The molecule has 2 aromatic carbocycles. The van der Waals surface area contributed by atoms with Crippen LogP contribution in [0.25, 0.3) is 0 Å². The van der Waals surface area contributed by atoms with Crippen LogP contribution in [0.4, 0.5) is 10.5 Å². The Morgan fingerprint density at radius 1 is 1.12 bits per heavy atom. The van der Waals surface area contributed by atoms with Crippen LogP contribution in [0.5, 0.6) is 0 Å². The summed E-state index contributed by atoms with van der Waals surface area (Å²) in [5, 5.41) is 5.95. The van der Waals surface area contributed by atoms with Gasteiger partial charge in [-0.05, 0) is 36.2 Å². The third kappa shape index (κ3) is 3.28.